The molecule has 37 heavy (non-hydrogen) atoms. The van der Waals surface area contributed by atoms with Crippen molar-refractivity contribution in [3.8, 4) is 0 Å². The molecule has 2 aliphatic heterocycles. The summed E-state index contributed by atoms with van der Waals surface area (Å²) in [7, 11) is -2.66. The number of carbonyl (C=O) groups excluding carboxylic acids is 1. The monoisotopic (exact) mass is 530 g/mol. The predicted octanol–water partition coefficient (Wildman–Crippen LogP) is 1.19. The fourth-order valence-corrected chi connectivity index (χ4v) is 7.57. The number of likely N-dealkylation sites (tertiary alicyclic amines) is 1. The lowest BCUT2D eigenvalue weighted by Crippen LogP contribution is -3.14. The summed E-state index contributed by atoms with van der Waals surface area (Å²) in [6.45, 7) is 2.41. The Bertz CT molecular complexity index is 1270. The highest BCUT2D eigenvalue weighted by atomic mass is 32.2. The summed E-state index contributed by atoms with van der Waals surface area (Å²) in [5, 5.41) is 20.5. The molecule has 0 radical (unpaired) electrons. The van der Waals surface area contributed by atoms with Gasteiger partial charge in [0.25, 0.3) is 0 Å². The van der Waals surface area contributed by atoms with Crippen LogP contribution < -0.4 is 14.1 Å². The number of carbonyl (C=O) groups is 1. The molecule has 2 saturated heterocycles. The lowest BCUT2D eigenvalue weighted by Gasteiger charge is -2.37. The number of rotatable bonds is 6. The third-order valence-electron chi connectivity index (χ3n) is 8.25. The summed E-state index contributed by atoms with van der Waals surface area (Å²) in [4.78, 5) is 15.4. The first-order valence-electron chi connectivity index (χ1n) is 13.2. The largest absolute Gasteiger partial charge is 0.608 e. The maximum absolute atomic E-state index is 13.8. The van der Waals surface area contributed by atoms with E-state index in [1.165, 1.54) is 17.3 Å². The van der Waals surface area contributed by atoms with Gasteiger partial charge in [-0.1, -0.05) is 6.07 Å². The van der Waals surface area contributed by atoms with Crippen LogP contribution in [0.1, 0.15) is 54.0 Å². The molecule has 200 valence electrons. The smallest absolute Gasteiger partial charge is 0.436 e. The number of hydrogen-bond donors (Lipinski definition) is 2. The van der Waals surface area contributed by atoms with Gasteiger partial charge in [-0.15, -0.1) is 0 Å². The van der Waals surface area contributed by atoms with Crippen LogP contribution in [0.5, 0.6) is 0 Å². The van der Waals surface area contributed by atoms with Gasteiger partial charge in [0.15, 0.2) is 0 Å². The van der Waals surface area contributed by atoms with E-state index in [2.05, 4.69) is 21.4 Å². The molecule has 1 unspecified atom stereocenters. The molecule has 0 bridgehead atoms. The quantitative estimate of drug-likeness (QED) is 0.538. The second-order valence-electron chi connectivity index (χ2n) is 10.7. The molecule has 1 aromatic carbocycles. The van der Waals surface area contributed by atoms with Crippen LogP contribution in [-0.2, 0) is 40.6 Å². The summed E-state index contributed by atoms with van der Waals surface area (Å²) in [6.07, 6.45) is 9.75. The van der Waals surface area contributed by atoms with Gasteiger partial charge in [0.05, 0.1) is 49.1 Å². The number of amides is 2. The number of anilines is 2. The maximum atomic E-state index is 13.8. The van der Waals surface area contributed by atoms with Crippen LogP contribution in [0.3, 0.4) is 0 Å². The number of aryl methyl sites for hydroxylation is 2. The first kappa shape index (κ1) is 24.8. The molecule has 11 nitrogen and oxygen atoms in total. The molecule has 1 aromatic heterocycles. The van der Waals surface area contributed by atoms with Gasteiger partial charge in [0.2, 0.25) is 0 Å². The zero-order valence-electron chi connectivity index (χ0n) is 21.1. The van der Waals surface area contributed by atoms with Gasteiger partial charge in [-0.3, -0.25) is 10.00 Å². The highest BCUT2D eigenvalue weighted by Gasteiger charge is 2.41. The molecule has 12 heteroatoms. The van der Waals surface area contributed by atoms with Crippen molar-refractivity contribution in [3.63, 3.8) is 0 Å². The van der Waals surface area contributed by atoms with E-state index in [4.69, 9.17) is 4.74 Å². The van der Waals surface area contributed by atoms with E-state index in [0.717, 1.165) is 54.0 Å². The number of nitrogens with one attached hydrogen (secondary N) is 2. The highest BCUT2D eigenvalue weighted by Crippen LogP contribution is 2.38. The van der Waals surface area contributed by atoms with E-state index in [1.807, 2.05) is 7.05 Å². The minimum absolute atomic E-state index is 0.0389. The standard InChI is InChI=1S/C25H34N6O5S/c1-28-10-8-19(9-11-28)30(20-13-26-29(14-20)21-15-36-16-21)37(34,35)31(33)25(32)27-24-22-6-2-4-17(22)12-18-5-3-7-23(18)24/h12-14,19,21,31H,2-11,15-16H2,1H3,(H,27,32). The third-order valence-corrected chi connectivity index (χ3v) is 9.93. The van der Waals surface area contributed by atoms with Gasteiger partial charge in [0.1, 0.15) is 0 Å². The number of hydrogen-bond acceptors (Lipinski definition) is 7. The molecule has 1 atom stereocenters. The fourth-order valence-electron chi connectivity index (χ4n) is 6.13. The summed E-state index contributed by atoms with van der Waals surface area (Å²) in [5.74, 6) is 0. The average molecular weight is 531 g/mol. The zero-order chi connectivity index (χ0) is 25.7. The number of quaternary nitrogens is 1. The first-order valence-corrected chi connectivity index (χ1v) is 14.6. The minimum Gasteiger partial charge on any atom is -0.608 e. The van der Waals surface area contributed by atoms with Crippen LogP contribution >= 0.6 is 0 Å². The zero-order valence-corrected chi connectivity index (χ0v) is 21.9. The van der Waals surface area contributed by atoms with Crippen molar-refractivity contribution in [3.05, 3.63) is 45.9 Å². The van der Waals surface area contributed by atoms with Crippen LogP contribution in [-0.4, -0.2) is 68.5 Å². The van der Waals surface area contributed by atoms with Gasteiger partial charge in [-0.05, 0) is 93.8 Å². The van der Waals surface area contributed by atoms with E-state index in [1.54, 1.807) is 10.9 Å². The summed E-state index contributed by atoms with van der Waals surface area (Å²) in [5.41, 5.74) is 5.48. The molecule has 4 aliphatic rings. The van der Waals surface area contributed by atoms with Crippen LogP contribution in [0.25, 0.3) is 0 Å². The van der Waals surface area contributed by atoms with Crippen molar-refractivity contribution in [1.82, 2.24) is 14.7 Å². The summed E-state index contributed by atoms with van der Waals surface area (Å²) in [6, 6.07) is 0.744. The SMILES string of the molecule is CN1CCC(N(c2cnn(C3COC3)c2)S(=O)(=O)[NH+]([O-])C(=O)Nc2c3c(cc4c2CCC4)CCC3)CC1. The average Bonchev–Trinajstić information content (AvgIpc) is 3.60. The van der Waals surface area contributed by atoms with Crippen molar-refractivity contribution in [2.45, 2.75) is 63.5 Å². The van der Waals surface area contributed by atoms with Crippen molar-refractivity contribution >= 4 is 27.6 Å². The topological polar surface area (TPSA) is 124 Å². The molecule has 0 spiro atoms. The predicted molar refractivity (Wildman–Crippen MR) is 138 cm³/mol. The van der Waals surface area contributed by atoms with Crippen molar-refractivity contribution in [1.29, 1.82) is 0 Å². The van der Waals surface area contributed by atoms with E-state index in [-0.39, 0.29) is 6.04 Å². The number of nitrogens with zero attached hydrogens (tertiary/aromatic N) is 4. The number of aromatic nitrogens is 2. The Labute approximate surface area is 217 Å². The minimum atomic E-state index is -4.64. The Morgan fingerprint density at radius 2 is 1.78 bits per heavy atom. The molecule has 2 fully saturated rings. The van der Waals surface area contributed by atoms with Crippen LogP contribution in [0.2, 0.25) is 0 Å². The lowest BCUT2D eigenvalue weighted by atomic mass is 9.99. The van der Waals surface area contributed by atoms with Gasteiger partial charge in [-0.25, -0.2) is 9.10 Å². The Kier molecular flexibility index (Phi) is 6.48. The Balaban J connectivity index is 1.30. The number of piperidine rings is 1. The number of urea groups is 1. The number of hydroxylamine groups is 1. The molecule has 2 aromatic rings. The molecule has 2 N–H and O–H groups in total. The molecule has 2 amide bonds. The van der Waals surface area contributed by atoms with Gasteiger partial charge in [0, 0.05) is 0 Å². The second-order valence-corrected chi connectivity index (χ2v) is 12.4. The van der Waals surface area contributed by atoms with Crippen LogP contribution in [0, 0.1) is 5.21 Å². The van der Waals surface area contributed by atoms with E-state index >= 15 is 0 Å². The fraction of sp³-hybridized carbons (Fsp3) is 0.600. The molecule has 6 rings (SSSR count). The Hall–Kier alpha value is -2.51. The van der Waals surface area contributed by atoms with Crippen LogP contribution in [0.15, 0.2) is 18.5 Å². The first-order chi connectivity index (χ1) is 17.8. The van der Waals surface area contributed by atoms with Crippen molar-refractivity contribution < 1.29 is 22.4 Å². The van der Waals surface area contributed by atoms with Gasteiger partial charge in [-0.2, -0.15) is 18.0 Å². The second kappa shape index (κ2) is 9.66. The Morgan fingerprint density at radius 3 is 2.38 bits per heavy atom. The lowest BCUT2D eigenvalue weighted by molar-refractivity contribution is -0.604. The van der Waals surface area contributed by atoms with E-state index in [9.17, 15) is 18.4 Å². The van der Waals surface area contributed by atoms with E-state index in [0.29, 0.717) is 50.5 Å². The molecule has 2 aliphatic carbocycles. The maximum Gasteiger partial charge on any atom is 0.436 e. The highest BCUT2D eigenvalue weighted by molar-refractivity contribution is 7.86. The van der Waals surface area contributed by atoms with Gasteiger partial charge >= 0.3 is 16.2 Å². The molecule has 3 heterocycles. The van der Waals surface area contributed by atoms with Crippen molar-refractivity contribution in [2.24, 2.45) is 0 Å². The number of fused-ring (bicyclic) bond motifs is 2. The summed E-state index contributed by atoms with van der Waals surface area (Å²) >= 11 is 0. The van der Waals surface area contributed by atoms with Crippen molar-refractivity contribution in [2.75, 3.05) is 43.0 Å². The van der Waals surface area contributed by atoms with Crippen LogP contribution in [0.4, 0.5) is 16.2 Å². The van der Waals surface area contributed by atoms with E-state index < -0.39 is 26.8 Å². The number of benzene rings is 1. The molecule has 0 saturated carbocycles. The third kappa shape index (κ3) is 4.44. The normalized spacial score (nSPS) is 21.4. The number of ether oxygens (including phenoxy) is 1. The molecular formula is C25H34N6O5S. The summed E-state index contributed by atoms with van der Waals surface area (Å²) < 4.78 is 34.3. The van der Waals surface area contributed by atoms with Gasteiger partial charge < -0.3 is 14.8 Å². The Morgan fingerprint density at radius 1 is 1.14 bits per heavy atom. The molecular weight excluding hydrogens is 496 g/mol.